The van der Waals surface area contributed by atoms with Crippen molar-refractivity contribution in [2.75, 3.05) is 6.54 Å². The maximum absolute atomic E-state index is 15.7. The zero-order valence-electron chi connectivity index (χ0n) is 17.7. The number of nitrogens with zero attached hydrogens (tertiary/aromatic N) is 4. The Balaban J connectivity index is 1.41. The number of carbonyl (C=O) groups excluding carboxylic acids is 1. The summed E-state index contributed by atoms with van der Waals surface area (Å²) in [6.07, 6.45) is 6.47. The van der Waals surface area contributed by atoms with Crippen LogP contribution in [-0.2, 0) is 12.8 Å². The number of fused-ring (bicyclic) bond motifs is 2. The smallest absolute Gasteiger partial charge is 0.292 e. The molecule has 164 valence electrons. The summed E-state index contributed by atoms with van der Waals surface area (Å²) in [6.45, 7) is 0.413. The first-order valence-corrected chi connectivity index (χ1v) is 10.9. The second-order valence-electron chi connectivity index (χ2n) is 8.16. The van der Waals surface area contributed by atoms with Crippen molar-refractivity contribution >= 4 is 11.7 Å². The average Bonchev–Trinajstić information content (AvgIpc) is 3.54. The highest BCUT2D eigenvalue weighted by atomic mass is 19.1. The first-order chi connectivity index (χ1) is 16.2. The second-order valence-corrected chi connectivity index (χ2v) is 8.16. The SMILES string of the molecule is O=C(c1cnc(-c2ccccn2)o1)N1CCc2[nH]cnc2[C@@H]1C1=C(F)c2ccccc2CC1. The van der Waals surface area contributed by atoms with Gasteiger partial charge in [-0.2, -0.15) is 0 Å². The van der Waals surface area contributed by atoms with E-state index in [1.54, 1.807) is 35.6 Å². The molecule has 0 saturated heterocycles. The molecule has 1 aliphatic carbocycles. The Morgan fingerprint density at radius 3 is 2.82 bits per heavy atom. The number of aryl methyl sites for hydroxylation is 1. The molecule has 2 aliphatic rings. The zero-order valence-corrected chi connectivity index (χ0v) is 17.7. The third-order valence-electron chi connectivity index (χ3n) is 6.32. The van der Waals surface area contributed by atoms with E-state index in [0.29, 0.717) is 48.3 Å². The summed E-state index contributed by atoms with van der Waals surface area (Å²) in [5, 5.41) is 0. The number of amides is 1. The molecule has 0 saturated carbocycles. The van der Waals surface area contributed by atoms with Gasteiger partial charge in [0.15, 0.2) is 0 Å². The Morgan fingerprint density at radius 2 is 1.94 bits per heavy atom. The van der Waals surface area contributed by atoms with Gasteiger partial charge in [0.2, 0.25) is 11.7 Å². The Bertz CT molecular complexity index is 1370. The van der Waals surface area contributed by atoms with Gasteiger partial charge in [-0.15, -0.1) is 0 Å². The monoisotopic (exact) mass is 441 g/mol. The van der Waals surface area contributed by atoms with Crippen molar-refractivity contribution in [3.05, 3.63) is 95.0 Å². The fraction of sp³-hybridized carbons (Fsp3) is 0.200. The number of hydrogen-bond donors (Lipinski definition) is 1. The lowest BCUT2D eigenvalue weighted by atomic mass is 9.84. The summed E-state index contributed by atoms with van der Waals surface area (Å²) in [6, 6.07) is 12.3. The van der Waals surface area contributed by atoms with Crippen LogP contribution in [0.1, 0.15) is 45.5 Å². The lowest BCUT2D eigenvalue weighted by Gasteiger charge is -2.37. The quantitative estimate of drug-likeness (QED) is 0.505. The summed E-state index contributed by atoms with van der Waals surface area (Å²) in [7, 11) is 0. The van der Waals surface area contributed by atoms with E-state index < -0.39 is 6.04 Å². The van der Waals surface area contributed by atoms with Gasteiger partial charge in [-0.25, -0.2) is 14.4 Å². The summed E-state index contributed by atoms with van der Waals surface area (Å²) < 4.78 is 21.5. The van der Waals surface area contributed by atoms with Crippen LogP contribution in [0.4, 0.5) is 4.39 Å². The van der Waals surface area contributed by atoms with Gasteiger partial charge in [0.1, 0.15) is 17.6 Å². The van der Waals surface area contributed by atoms with Gasteiger partial charge in [0.05, 0.1) is 18.2 Å². The molecule has 1 amide bonds. The van der Waals surface area contributed by atoms with Crippen molar-refractivity contribution in [1.29, 1.82) is 0 Å². The van der Waals surface area contributed by atoms with E-state index >= 15 is 4.39 Å². The highest BCUT2D eigenvalue weighted by Crippen LogP contribution is 2.43. The van der Waals surface area contributed by atoms with E-state index in [1.165, 1.54) is 6.20 Å². The number of nitrogens with one attached hydrogen (secondary N) is 1. The molecule has 1 aliphatic heterocycles. The number of aromatic amines is 1. The summed E-state index contributed by atoms with van der Waals surface area (Å²) in [5.74, 6) is -0.258. The topological polar surface area (TPSA) is 87.9 Å². The molecule has 6 rings (SSSR count). The van der Waals surface area contributed by atoms with E-state index in [2.05, 4.69) is 19.9 Å². The number of rotatable bonds is 3. The average molecular weight is 441 g/mol. The number of benzene rings is 1. The molecule has 0 bridgehead atoms. The molecule has 4 heterocycles. The van der Waals surface area contributed by atoms with E-state index in [9.17, 15) is 4.79 Å². The predicted molar refractivity (Wildman–Crippen MR) is 119 cm³/mol. The molecule has 0 unspecified atom stereocenters. The number of carbonyl (C=O) groups is 1. The Morgan fingerprint density at radius 1 is 1.06 bits per heavy atom. The Kier molecular flexibility index (Phi) is 4.64. The highest BCUT2D eigenvalue weighted by molar-refractivity contribution is 5.92. The van der Waals surface area contributed by atoms with Crippen molar-refractivity contribution in [3.63, 3.8) is 0 Å². The molecule has 0 radical (unpaired) electrons. The van der Waals surface area contributed by atoms with Gasteiger partial charge < -0.3 is 14.3 Å². The molecule has 0 fully saturated rings. The number of H-pyrrole nitrogens is 1. The van der Waals surface area contributed by atoms with Crippen LogP contribution in [0.2, 0.25) is 0 Å². The lowest BCUT2D eigenvalue weighted by Crippen LogP contribution is -2.41. The molecule has 1 N–H and O–H groups in total. The molecule has 4 aromatic rings. The van der Waals surface area contributed by atoms with Gasteiger partial charge in [-0.05, 0) is 36.1 Å². The maximum Gasteiger partial charge on any atom is 0.292 e. The minimum atomic E-state index is -0.607. The van der Waals surface area contributed by atoms with Crippen molar-refractivity contribution in [3.8, 4) is 11.6 Å². The lowest BCUT2D eigenvalue weighted by molar-refractivity contribution is 0.0652. The Hall–Kier alpha value is -4.07. The number of imidazole rings is 1. The standard InChI is InChI=1S/C25H20FN5O2/c26-21-16-6-2-1-5-15(16)8-9-17(21)23-22-18(29-14-30-22)10-12-31(23)25(32)20-13-28-24(33-20)19-7-3-4-11-27-19/h1-7,11,13-14,23H,8-10,12H2,(H,29,30)/t23-/m0/s1. The van der Waals surface area contributed by atoms with Crippen molar-refractivity contribution < 1.29 is 13.6 Å². The predicted octanol–water partition coefficient (Wildman–Crippen LogP) is 4.53. The maximum atomic E-state index is 15.7. The molecule has 8 heteroatoms. The number of aromatic nitrogens is 4. The van der Waals surface area contributed by atoms with Crippen LogP contribution in [0.3, 0.4) is 0 Å². The fourth-order valence-corrected chi connectivity index (χ4v) is 4.73. The zero-order chi connectivity index (χ0) is 22.4. The molecule has 3 aromatic heterocycles. The number of pyridine rings is 1. The minimum absolute atomic E-state index is 0.0943. The van der Waals surface area contributed by atoms with E-state index in [0.717, 1.165) is 11.3 Å². The van der Waals surface area contributed by atoms with Crippen molar-refractivity contribution in [2.45, 2.75) is 25.3 Å². The van der Waals surface area contributed by atoms with Gasteiger partial charge in [-0.1, -0.05) is 30.3 Å². The number of hydrogen-bond acceptors (Lipinski definition) is 5. The summed E-state index contributed by atoms with van der Waals surface area (Å²) >= 11 is 0. The molecule has 1 atom stereocenters. The van der Waals surface area contributed by atoms with E-state index in [1.807, 2.05) is 24.3 Å². The van der Waals surface area contributed by atoms with Gasteiger partial charge in [0.25, 0.3) is 5.91 Å². The molecule has 1 aromatic carbocycles. The second kappa shape index (κ2) is 7.81. The van der Waals surface area contributed by atoms with Gasteiger partial charge >= 0.3 is 0 Å². The van der Waals surface area contributed by atoms with Gasteiger partial charge in [0, 0.05) is 30.4 Å². The first kappa shape index (κ1) is 19.6. The van der Waals surface area contributed by atoms with Crippen LogP contribution in [0.15, 0.2) is 71.2 Å². The van der Waals surface area contributed by atoms with Crippen LogP contribution in [-0.4, -0.2) is 37.3 Å². The molecule has 7 nitrogen and oxygen atoms in total. The number of halogens is 1. The van der Waals surface area contributed by atoms with Crippen molar-refractivity contribution in [2.24, 2.45) is 0 Å². The highest BCUT2D eigenvalue weighted by Gasteiger charge is 2.39. The minimum Gasteiger partial charge on any atom is -0.429 e. The van der Waals surface area contributed by atoms with Crippen LogP contribution in [0, 0.1) is 0 Å². The van der Waals surface area contributed by atoms with E-state index in [-0.39, 0.29) is 23.4 Å². The molecular weight excluding hydrogens is 421 g/mol. The Labute approximate surface area is 189 Å². The van der Waals surface area contributed by atoms with E-state index in [4.69, 9.17) is 4.42 Å². The van der Waals surface area contributed by atoms with Gasteiger partial charge in [-0.3, -0.25) is 9.78 Å². The normalized spacial score (nSPS) is 17.6. The van der Waals surface area contributed by atoms with Crippen LogP contribution in [0.25, 0.3) is 17.4 Å². The fourth-order valence-electron chi connectivity index (χ4n) is 4.73. The molecule has 33 heavy (non-hydrogen) atoms. The molecular formula is C25H20FN5O2. The summed E-state index contributed by atoms with van der Waals surface area (Å²) in [5.41, 5.74) is 4.29. The third kappa shape index (κ3) is 3.26. The first-order valence-electron chi connectivity index (χ1n) is 10.9. The third-order valence-corrected chi connectivity index (χ3v) is 6.32. The molecule has 0 spiro atoms. The van der Waals surface area contributed by atoms with Crippen LogP contribution in [0.5, 0.6) is 0 Å². The van der Waals surface area contributed by atoms with Crippen LogP contribution < -0.4 is 0 Å². The largest absolute Gasteiger partial charge is 0.429 e. The number of oxazole rings is 1. The summed E-state index contributed by atoms with van der Waals surface area (Å²) in [4.78, 5) is 31.3. The van der Waals surface area contributed by atoms with Crippen molar-refractivity contribution in [1.82, 2.24) is 24.8 Å². The van der Waals surface area contributed by atoms with Crippen LogP contribution >= 0.6 is 0 Å².